The van der Waals surface area contributed by atoms with E-state index in [2.05, 4.69) is 31.2 Å². The monoisotopic (exact) mass is 196 g/mol. The summed E-state index contributed by atoms with van der Waals surface area (Å²) in [5, 5.41) is 3.31. The van der Waals surface area contributed by atoms with Gasteiger partial charge in [-0.1, -0.05) is 0 Å². The fraction of sp³-hybridized carbons (Fsp3) is 1.00. The van der Waals surface area contributed by atoms with Crippen molar-refractivity contribution in [1.29, 1.82) is 0 Å². The molecule has 0 radical (unpaired) electrons. The van der Waals surface area contributed by atoms with Crippen LogP contribution in [0.1, 0.15) is 32.6 Å². The van der Waals surface area contributed by atoms with Gasteiger partial charge in [0.05, 0.1) is 0 Å². The summed E-state index contributed by atoms with van der Waals surface area (Å²) in [4.78, 5) is 2.64. The lowest BCUT2D eigenvalue weighted by atomic mass is 9.78. The number of hydrogen-bond donors (Lipinski definition) is 1. The van der Waals surface area contributed by atoms with Crippen LogP contribution in [0.25, 0.3) is 0 Å². The maximum Gasteiger partial charge on any atom is 0.0136 e. The minimum Gasteiger partial charge on any atom is -0.319 e. The van der Waals surface area contributed by atoms with Crippen LogP contribution in [0.4, 0.5) is 0 Å². The van der Waals surface area contributed by atoms with E-state index in [4.69, 9.17) is 0 Å². The Morgan fingerprint density at radius 3 is 2.43 bits per heavy atom. The van der Waals surface area contributed by atoms with Crippen LogP contribution in [0, 0.1) is 11.8 Å². The van der Waals surface area contributed by atoms with E-state index in [9.17, 15) is 0 Å². The maximum absolute atomic E-state index is 3.31. The third-order valence-electron chi connectivity index (χ3n) is 4.31. The van der Waals surface area contributed by atoms with E-state index in [-0.39, 0.29) is 0 Å². The quantitative estimate of drug-likeness (QED) is 0.720. The molecule has 0 saturated heterocycles. The summed E-state index contributed by atoms with van der Waals surface area (Å²) in [6.45, 7) is 3.61. The lowest BCUT2D eigenvalue weighted by molar-refractivity contribution is 0.0491. The fourth-order valence-electron chi connectivity index (χ4n) is 2.80. The second kappa shape index (κ2) is 4.19. The Morgan fingerprint density at radius 1 is 1.29 bits per heavy atom. The van der Waals surface area contributed by atoms with E-state index in [0.717, 1.165) is 23.9 Å². The van der Waals surface area contributed by atoms with Gasteiger partial charge in [0.25, 0.3) is 0 Å². The molecule has 14 heavy (non-hydrogen) atoms. The maximum atomic E-state index is 3.31. The topological polar surface area (TPSA) is 15.3 Å². The zero-order valence-corrected chi connectivity index (χ0v) is 9.79. The summed E-state index contributed by atoms with van der Waals surface area (Å²) in [6, 6.07) is 1.68. The van der Waals surface area contributed by atoms with Crippen molar-refractivity contribution in [3.8, 4) is 0 Å². The van der Waals surface area contributed by atoms with Crippen molar-refractivity contribution >= 4 is 0 Å². The zero-order valence-electron chi connectivity index (χ0n) is 9.79. The molecule has 1 N–H and O–H groups in total. The highest BCUT2D eigenvalue weighted by atomic mass is 15.2. The van der Waals surface area contributed by atoms with Crippen molar-refractivity contribution in [1.82, 2.24) is 10.2 Å². The lowest BCUT2D eigenvalue weighted by Crippen LogP contribution is -2.52. The van der Waals surface area contributed by atoms with Crippen LogP contribution in [0.5, 0.6) is 0 Å². The second-order valence-corrected chi connectivity index (χ2v) is 5.21. The average molecular weight is 196 g/mol. The molecule has 0 aromatic heterocycles. The van der Waals surface area contributed by atoms with Crippen molar-refractivity contribution in [2.24, 2.45) is 11.8 Å². The van der Waals surface area contributed by atoms with Crippen LogP contribution in [0.15, 0.2) is 0 Å². The SMILES string of the molecule is CNCC1CCC1N(C)C(C)C1CC1. The molecule has 2 aliphatic rings. The lowest BCUT2D eigenvalue weighted by Gasteiger charge is -2.45. The first-order valence-electron chi connectivity index (χ1n) is 6.10. The van der Waals surface area contributed by atoms with Gasteiger partial charge in [-0.05, 0) is 65.1 Å². The Kier molecular flexibility index (Phi) is 3.13. The Morgan fingerprint density at radius 2 is 2.00 bits per heavy atom. The van der Waals surface area contributed by atoms with E-state index >= 15 is 0 Å². The summed E-state index contributed by atoms with van der Waals surface area (Å²) >= 11 is 0. The predicted molar refractivity (Wildman–Crippen MR) is 60.4 cm³/mol. The van der Waals surface area contributed by atoms with Crippen molar-refractivity contribution in [3.63, 3.8) is 0 Å². The molecule has 3 atom stereocenters. The van der Waals surface area contributed by atoms with E-state index in [1.54, 1.807) is 0 Å². The third kappa shape index (κ3) is 1.96. The van der Waals surface area contributed by atoms with Gasteiger partial charge >= 0.3 is 0 Å². The number of hydrogen-bond acceptors (Lipinski definition) is 2. The molecule has 2 aliphatic carbocycles. The third-order valence-corrected chi connectivity index (χ3v) is 4.31. The van der Waals surface area contributed by atoms with Crippen LogP contribution in [0.3, 0.4) is 0 Å². The van der Waals surface area contributed by atoms with E-state index in [1.165, 1.54) is 32.2 Å². The Hall–Kier alpha value is -0.0800. The highest BCUT2D eigenvalue weighted by Gasteiger charge is 2.39. The smallest absolute Gasteiger partial charge is 0.0136 e. The minimum absolute atomic E-state index is 0.819. The molecular formula is C12H24N2. The molecule has 82 valence electrons. The normalized spacial score (nSPS) is 34.3. The Bertz CT molecular complexity index is 189. The molecule has 3 unspecified atom stereocenters. The molecule has 2 nitrogen and oxygen atoms in total. The summed E-state index contributed by atoms with van der Waals surface area (Å²) in [5.74, 6) is 1.92. The molecule has 2 heteroatoms. The van der Waals surface area contributed by atoms with E-state index < -0.39 is 0 Å². The van der Waals surface area contributed by atoms with Crippen LogP contribution >= 0.6 is 0 Å². The molecule has 2 fully saturated rings. The second-order valence-electron chi connectivity index (χ2n) is 5.21. The van der Waals surface area contributed by atoms with Crippen molar-refractivity contribution in [2.75, 3.05) is 20.6 Å². The first-order valence-corrected chi connectivity index (χ1v) is 6.10. The molecule has 0 aromatic carbocycles. The van der Waals surface area contributed by atoms with E-state index in [1.807, 2.05) is 0 Å². The molecule has 0 heterocycles. The van der Waals surface area contributed by atoms with Gasteiger partial charge in [0.15, 0.2) is 0 Å². The number of rotatable bonds is 5. The van der Waals surface area contributed by atoms with Gasteiger partial charge in [-0.25, -0.2) is 0 Å². The summed E-state index contributed by atoms with van der Waals surface area (Å²) in [5.41, 5.74) is 0. The van der Waals surface area contributed by atoms with Gasteiger partial charge in [0.2, 0.25) is 0 Å². The molecule has 0 bridgehead atoms. The predicted octanol–water partition coefficient (Wildman–Crippen LogP) is 1.71. The first-order chi connectivity index (χ1) is 6.74. The van der Waals surface area contributed by atoms with Crippen LogP contribution in [-0.2, 0) is 0 Å². The van der Waals surface area contributed by atoms with Gasteiger partial charge in [0, 0.05) is 12.1 Å². The summed E-state index contributed by atoms with van der Waals surface area (Å²) in [7, 11) is 4.40. The van der Waals surface area contributed by atoms with Crippen LogP contribution < -0.4 is 5.32 Å². The number of nitrogens with one attached hydrogen (secondary N) is 1. The van der Waals surface area contributed by atoms with Crippen molar-refractivity contribution in [3.05, 3.63) is 0 Å². The highest BCUT2D eigenvalue weighted by Crippen LogP contribution is 2.39. The molecule has 2 rings (SSSR count). The van der Waals surface area contributed by atoms with Crippen LogP contribution in [-0.4, -0.2) is 37.6 Å². The van der Waals surface area contributed by atoms with E-state index in [0.29, 0.717) is 0 Å². The summed E-state index contributed by atoms with van der Waals surface area (Å²) < 4.78 is 0. The van der Waals surface area contributed by atoms with Gasteiger partial charge in [0.1, 0.15) is 0 Å². The average Bonchev–Trinajstić information content (AvgIpc) is 2.94. The Balaban J connectivity index is 1.81. The van der Waals surface area contributed by atoms with Gasteiger partial charge < -0.3 is 10.2 Å². The molecule has 2 saturated carbocycles. The highest BCUT2D eigenvalue weighted by molar-refractivity contribution is 4.94. The number of nitrogens with zero attached hydrogens (tertiary/aromatic N) is 1. The van der Waals surface area contributed by atoms with Crippen molar-refractivity contribution < 1.29 is 0 Å². The molecule has 0 aromatic rings. The van der Waals surface area contributed by atoms with Gasteiger partial charge in [-0.3, -0.25) is 0 Å². The minimum atomic E-state index is 0.819. The van der Waals surface area contributed by atoms with Crippen molar-refractivity contribution in [2.45, 2.75) is 44.7 Å². The molecule has 0 aliphatic heterocycles. The van der Waals surface area contributed by atoms with Gasteiger partial charge in [-0.15, -0.1) is 0 Å². The fourth-order valence-corrected chi connectivity index (χ4v) is 2.80. The first kappa shape index (κ1) is 10.4. The zero-order chi connectivity index (χ0) is 10.1. The summed E-state index contributed by atoms with van der Waals surface area (Å²) in [6.07, 6.45) is 5.77. The van der Waals surface area contributed by atoms with Crippen LogP contribution in [0.2, 0.25) is 0 Å². The molecular weight excluding hydrogens is 172 g/mol. The van der Waals surface area contributed by atoms with Gasteiger partial charge in [-0.2, -0.15) is 0 Å². The standard InChI is InChI=1S/C12H24N2/c1-9(10-4-5-10)14(3)12-7-6-11(12)8-13-2/h9-13H,4-8H2,1-3H3. The Labute approximate surface area is 88.1 Å². The largest absolute Gasteiger partial charge is 0.319 e. The molecule has 0 spiro atoms. The molecule has 0 amide bonds.